The Morgan fingerprint density at radius 3 is 2.49 bits per heavy atom. The van der Waals surface area contributed by atoms with E-state index in [1.165, 1.54) is 39.9 Å². The molecule has 1 saturated heterocycles. The van der Waals surface area contributed by atoms with Crippen LogP contribution in [-0.2, 0) is 32.5 Å². The van der Waals surface area contributed by atoms with Gasteiger partial charge in [0.15, 0.2) is 0 Å². The zero-order valence-electron chi connectivity index (χ0n) is 20.0. The van der Waals surface area contributed by atoms with E-state index in [1.807, 2.05) is 0 Å². The molecule has 1 aromatic heterocycles. The number of benzene rings is 1. The number of hydrogen-bond donors (Lipinski definition) is 1. The minimum absolute atomic E-state index is 0.130. The number of amides is 1. The van der Waals surface area contributed by atoms with E-state index in [9.17, 15) is 18.0 Å². The first-order valence-corrected chi connectivity index (χ1v) is 14.1. The molecule has 11 heteroatoms. The van der Waals surface area contributed by atoms with Gasteiger partial charge in [0.05, 0.1) is 30.3 Å². The van der Waals surface area contributed by atoms with E-state index in [-0.39, 0.29) is 11.5 Å². The Labute approximate surface area is 210 Å². The SMILES string of the molecule is CCCN1CCc2c(sc(NC(=O)c3ccc(S(=O)(=O)N4CCOCC4)cc3)c2C(=O)OCC)C1. The summed E-state index contributed by atoms with van der Waals surface area (Å²) in [5.41, 5.74) is 1.69. The number of fused-ring (bicyclic) bond motifs is 1. The molecule has 0 radical (unpaired) electrons. The molecule has 4 rings (SSSR count). The molecule has 0 saturated carbocycles. The topological polar surface area (TPSA) is 105 Å². The molecule has 35 heavy (non-hydrogen) atoms. The molecule has 0 bridgehead atoms. The molecule has 1 amide bonds. The lowest BCUT2D eigenvalue weighted by Crippen LogP contribution is -2.40. The van der Waals surface area contributed by atoms with Gasteiger partial charge in [-0.2, -0.15) is 4.31 Å². The molecule has 0 unspecified atom stereocenters. The predicted octanol–water partition coefficient (Wildman–Crippen LogP) is 2.97. The number of carbonyl (C=O) groups is 2. The number of morpholine rings is 1. The third-order valence-corrected chi connectivity index (χ3v) is 9.15. The minimum Gasteiger partial charge on any atom is -0.462 e. The molecule has 0 spiro atoms. The van der Waals surface area contributed by atoms with Crippen LogP contribution >= 0.6 is 11.3 Å². The molecule has 2 aliphatic heterocycles. The van der Waals surface area contributed by atoms with Gasteiger partial charge in [-0.05, 0) is 56.1 Å². The number of nitrogens with zero attached hydrogens (tertiary/aromatic N) is 2. The van der Waals surface area contributed by atoms with Crippen molar-refractivity contribution in [1.82, 2.24) is 9.21 Å². The monoisotopic (exact) mass is 521 g/mol. The molecule has 0 aliphatic carbocycles. The molecule has 1 aromatic carbocycles. The van der Waals surface area contributed by atoms with Crippen molar-refractivity contribution >= 4 is 38.2 Å². The molecule has 0 atom stereocenters. The van der Waals surface area contributed by atoms with Crippen LogP contribution in [0.15, 0.2) is 29.2 Å². The van der Waals surface area contributed by atoms with Crippen molar-refractivity contribution in [3.8, 4) is 0 Å². The first kappa shape index (κ1) is 25.8. The zero-order valence-corrected chi connectivity index (χ0v) is 21.7. The molecule has 190 valence electrons. The summed E-state index contributed by atoms with van der Waals surface area (Å²) in [6.45, 7) is 8.06. The summed E-state index contributed by atoms with van der Waals surface area (Å²) in [4.78, 5) is 29.3. The quantitative estimate of drug-likeness (QED) is 0.533. The van der Waals surface area contributed by atoms with Crippen molar-refractivity contribution in [3.05, 3.63) is 45.8 Å². The first-order valence-electron chi connectivity index (χ1n) is 11.9. The fourth-order valence-electron chi connectivity index (χ4n) is 4.36. The van der Waals surface area contributed by atoms with Gasteiger partial charge >= 0.3 is 5.97 Å². The highest BCUT2D eigenvalue weighted by Gasteiger charge is 2.30. The van der Waals surface area contributed by atoms with Gasteiger partial charge in [-0.1, -0.05) is 6.92 Å². The normalized spacial score (nSPS) is 17.1. The van der Waals surface area contributed by atoms with Crippen molar-refractivity contribution in [2.24, 2.45) is 0 Å². The highest BCUT2D eigenvalue weighted by molar-refractivity contribution is 7.89. The maximum absolute atomic E-state index is 13.0. The van der Waals surface area contributed by atoms with E-state index in [0.29, 0.717) is 42.4 Å². The van der Waals surface area contributed by atoms with Crippen molar-refractivity contribution in [3.63, 3.8) is 0 Å². The second-order valence-electron chi connectivity index (χ2n) is 8.45. The Bertz CT molecular complexity index is 1170. The summed E-state index contributed by atoms with van der Waals surface area (Å²) >= 11 is 1.41. The lowest BCUT2D eigenvalue weighted by Gasteiger charge is -2.26. The average Bonchev–Trinajstić information content (AvgIpc) is 3.22. The second kappa shape index (κ2) is 11.2. The summed E-state index contributed by atoms with van der Waals surface area (Å²) in [6, 6.07) is 5.86. The largest absolute Gasteiger partial charge is 0.462 e. The minimum atomic E-state index is -3.64. The highest BCUT2D eigenvalue weighted by atomic mass is 32.2. The van der Waals surface area contributed by atoms with Crippen LogP contribution in [0.1, 0.15) is 51.4 Å². The summed E-state index contributed by atoms with van der Waals surface area (Å²) < 4.78 is 37.6. The number of nitrogens with one attached hydrogen (secondary N) is 1. The number of ether oxygens (including phenoxy) is 2. The van der Waals surface area contributed by atoms with Gasteiger partial charge in [0.1, 0.15) is 5.00 Å². The fourth-order valence-corrected chi connectivity index (χ4v) is 7.04. The molecule has 1 N–H and O–H groups in total. The standard InChI is InChI=1S/C24H31N3O6S2/c1-3-10-26-11-9-19-20(16-26)34-23(21(19)24(29)33-4-2)25-22(28)17-5-7-18(8-6-17)35(30,31)27-12-14-32-15-13-27/h5-8H,3-4,9-16H2,1-2H3,(H,25,28). The van der Waals surface area contributed by atoms with Gasteiger partial charge in [-0.25, -0.2) is 13.2 Å². The van der Waals surface area contributed by atoms with Crippen LogP contribution in [0, 0.1) is 0 Å². The third kappa shape index (κ3) is 5.59. The summed E-state index contributed by atoms with van der Waals surface area (Å²) in [5.74, 6) is -0.842. The van der Waals surface area contributed by atoms with Gasteiger partial charge in [-0.15, -0.1) is 11.3 Å². The molecule has 1 fully saturated rings. The van der Waals surface area contributed by atoms with Gasteiger partial charge < -0.3 is 14.8 Å². The molecule has 9 nitrogen and oxygen atoms in total. The number of esters is 1. The van der Waals surface area contributed by atoms with Crippen LogP contribution in [0.3, 0.4) is 0 Å². The molecule has 2 aromatic rings. The lowest BCUT2D eigenvalue weighted by atomic mass is 10.0. The van der Waals surface area contributed by atoms with Crippen molar-refractivity contribution < 1.29 is 27.5 Å². The average molecular weight is 522 g/mol. The van der Waals surface area contributed by atoms with E-state index >= 15 is 0 Å². The predicted molar refractivity (Wildman–Crippen MR) is 134 cm³/mol. The molecular weight excluding hydrogens is 490 g/mol. The van der Waals surface area contributed by atoms with Crippen LogP contribution in [0.4, 0.5) is 5.00 Å². The third-order valence-electron chi connectivity index (χ3n) is 6.11. The van der Waals surface area contributed by atoms with Crippen molar-refractivity contribution in [2.45, 2.75) is 38.1 Å². The zero-order chi connectivity index (χ0) is 25.0. The maximum Gasteiger partial charge on any atom is 0.341 e. The van der Waals surface area contributed by atoms with Crippen LogP contribution in [0.25, 0.3) is 0 Å². The lowest BCUT2D eigenvalue weighted by molar-refractivity contribution is 0.0526. The van der Waals surface area contributed by atoms with Gasteiger partial charge in [0, 0.05) is 36.6 Å². The van der Waals surface area contributed by atoms with Gasteiger partial charge in [0.2, 0.25) is 10.0 Å². The van der Waals surface area contributed by atoms with Crippen molar-refractivity contribution in [2.75, 3.05) is 51.3 Å². The van der Waals surface area contributed by atoms with E-state index < -0.39 is 21.9 Å². The number of hydrogen-bond acceptors (Lipinski definition) is 8. The molecule has 2 aliphatic rings. The van der Waals surface area contributed by atoms with E-state index in [1.54, 1.807) is 6.92 Å². The van der Waals surface area contributed by atoms with Crippen LogP contribution in [0.2, 0.25) is 0 Å². The van der Waals surface area contributed by atoms with Crippen LogP contribution in [-0.4, -0.2) is 75.5 Å². The Balaban J connectivity index is 1.55. The Morgan fingerprint density at radius 2 is 1.83 bits per heavy atom. The maximum atomic E-state index is 13.0. The highest BCUT2D eigenvalue weighted by Crippen LogP contribution is 2.38. The van der Waals surface area contributed by atoms with Crippen LogP contribution < -0.4 is 5.32 Å². The number of sulfonamides is 1. The van der Waals surface area contributed by atoms with Gasteiger partial charge in [-0.3, -0.25) is 9.69 Å². The van der Waals surface area contributed by atoms with Crippen molar-refractivity contribution in [1.29, 1.82) is 0 Å². The van der Waals surface area contributed by atoms with E-state index in [4.69, 9.17) is 9.47 Å². The van der Waals surface area contributed by atoms with E-state index in [2.05, 4.69) is 17.1 Å². The Kier molecular flexibility index (Phi) is 8.23. The van der Waals surface area contributed by atoms with E-state index in [0.717, 1.165) is 42.9 Å². The number of anilines is 1. The smallest absolute Gasteiger partial charge is 0.341 e. The van der Waals surface area contributed by atoms with Crippen LogP contribution in [0.5, 0.6) is 0 Å². The summed E-state index contributed by atoms with van der Waals surface area (Å²) in [7, 11) is -3.64. The number of thiophene rings is 1. The molecule has 3 heterocycles. The summed E-state index contributed by atoms with van der Waals surface area (Å²) in [5, 5.41) is 3.35. The fraction of sp³-hybridized carbons (Fsp3) is 0.500. The van der Waals surface area contributed by atoms with Gasteiger partial charge in [0.25, 0.3) is 5.91 Å². The Morgan fingerprint density at radius 1 is 1.11 bits per heavy atom. The number of carbonyl (C=O) groups excluding carboxylic acids is 2. The second-order valence-corrected chi connectivity index (χ2v) is 11.5. The summed E-state index contributed by atoms with van der Waals surface area (Å²) in [6.07, 6.45) is 1.77. The first-order chi connectivity index (χ1) is 16.8. The number of rotatable bonds is 8. The molecular formula is C24H31N3O6S2. The Hall–Kier alpha value is -2.31.